The van der Waals surface area contributed by atoms with E-state index < -0.39 is 0 Å². The van der Waals surface area contributed by atoms with Crippen LogP contribution in [0.15, 0.2) is 0 Å². The third-order valence-electron chi connectivity index (χ3n) is 5.28. The number of hydrogen-bond acceptors (Lipinski definition) is 1. The van der Waals surface area contributed by atoms with Gasteiger partial charge in [0, 0.05) is 13.1 Å². The van der Waals surface area contributed by atoms with Crippen LogP contribution in [0.25, 0.3) is 0 Å². The molecule has 0 bridgehead atoms. The van der Waals surface area contributed by atoms with Crippen molar-refractivity contribution in [2.45, 2.75) is 80.1 Å². The van der Waals surface area contributed by atoms with Crippen molar-refractivity contribution in [2.24, 2.45) is 22.2 Å². The van der Waals surface area contributed by atoms with Gasteiger partial charge in [-0.05, 0) is 67.2 Å². The highest BCUT2D eigenvalue weighted by Gasteiger charge is 2.41. The normalized spacial score (nSPS) is 33.0. The van der Waals surface area contributed by atoms with E-state index in [0.717, 1.165) is 5.92 Å². The second kappa shape index (κ2) is 5.63. The molecule has 1 spiro atoms. The lowest BCUT2D eigenvalue weighted by atomic mass is 9.67. The molecule has 0 amide bonds. The van der Waals surface area contributed by atoms with E-state index in [2.05, 4.69) is 46.4 Å². The van der Waals surface area contributed by atoms with Crippen LogP contribution in [0.3, 0.4) is 0 Å². The molecule has 0 radical (unpaired) electrons. The van der Waals surface area contributed by atoms with Crippen molar-refractivity contribution in [3.05, 3.63) is 0 Å². The van der Waals surface area contributed by atoms with Crippen molar-refractivity contribution in [1.82, 2.24) is 4.90 Å². The molecule has 1 heteroatoms. The van der Waals surface area contributed by atoms with Gasteiger partial charge in [0.05, 0.1) is 0 Å². The topological polar surface area (TPSA) is 3.24 Å². The second-order valence-electron chi connectivity index (χ2n) is 10.2. The van der Waals surface area contributed by atoms with Gasteiger partial charge in [-0.25, -0.2) is 0 Å². The first-order valence-electron chi connectivity index (χ1n) is 8.79. The van der Waals surface area contributed by atoms with E-state index >= 15 is 0 Å². The van der Waals surface area contributed by atoms with Crippen LogP contribution < -0.4 is 0 Å². The number of hydrogen-bond donors (Lipinski definition) is 0. The highest BCUT2D eigenvalue weighted by atomic mass is 15.2. The van der Waals surface area contributed by atoms with E-state index in [-0.39, 0.29) is 0 Å². The van der Waals surface area contributed by atoms with E-state index in [4.69, 9.17) is 0 Å². The van der Waals surface area contributed by atoms with Crippen LogP contribution in [-0.2, 0) is 0 Å². The molecule has 1 nitrogen and oxygen atoms in total. The Hall–Kier alpha value is -0.0400. The summed E-state index contributed by atoms with van der Waals surface area (Å²) in [6, 6.07) is 0. The lowest BCUT2D eigenvalue weighted by Crippen LogP contribution is -2.35. The van der Waals surface area contributed by atoms with Gasteiger partial charge in [0.1, 0.15) is 0 Å². The fourth-order valence-corrected chi connectivity index (χ4v) is 4.60. The molecule has 0 aromatic carbocycles. The van der Waals surface area contributed by atoms with E-state index in [0.29, 0.717) is 16.2 Å². The largest absolute Gasteiger partial charge is 0.302 e. The summed E-state index contributed by atoms with van der Waals surface area (Å²) in [4.78, 5) is 2.74. The van der Waals surface area contributed by atoms with E-state index in [1.54, 1.807) is 0 Å². The van der Waals surface area contributed by atoms with Gasteiger partial charge in [-0.2, -0.15) is 0 Å². The maximum atomic E-state index is 2.74. The van der Waals surface area contributed by atoms with Gasteiger partial charge < -0.3 is 4.90 Å². The van der Waals surface area contributed by atoms with Gasteiger partial charge in [0.2, 0.25) is 0 Å². The molecule has 2 rings (SSSR count). The first-order valence-corrected chi connectivity index (χ1v) is 8.79. The second-order valence-corrected chi connectivity index (χ2v) is 10.2. The van der Waals surface area contributed by atoms with Gasteiger partial charge in [0.15, 0.2) is 0 Å². The SMILES string of the molecule is CC(C)(C)CC1CCC2(CC1)CCN(CC(C)(C)C)C2. The number of nitrogens with zero attached hydrogens (tertiary/aromatic N) is 1. The first kappa shape index (κ1) is 16.3. The molecule has 0 aromatic rings. The van der Waals surface area contributed by atoms with Crippen LogP contribution in [-0.4, -0.2) is 24.5 Å². The summed E-state index contributed by atoms with van der Waals surface area (Å²) < 4.78 is 0. The fourth-order valence-electron chi connectivity index (χ4n) is 4.60. The smallest absolute Gasteiger partial charge is 0.00387 e. The molecule has 0 aromatic heterocycles. The summed E-state index contributed by atoms with van der Waals surface area (Å²) in [6.45, 7) is 18.3. The van der Waals surface area contributed by atoms with Crippen molar-refractivity contribution in [2.75, 3.05) is 19.6 Å². The molecule has 1 aliphatic heterocycles. The lowest BCUT2D eigenvalue weighted by Gasteiger charge is -2.39. The van der Waals surface area contributed by atoms with Gasteiger partial charge in [-0.15, -0.1) is 0 Å². The minimum absolute atomic E-state index is 0.453. The van der Waals surface area contributed by atoms with Crippen LogP contribution in [0.5, 0.6) is 0 Å². The minimum atomic E-state index is 0.453. The lowest BCUT2D eigenvalue weighted by molar-refractivity contribution is 0.119. The summed E-state index contributed by atoms with van der Waals surface area (Å²) in [7, 11) is 0. The maximum Gasteiger partial charge on any atom is 0.00387 e. The van der Waals surface area contributed by atoms with Crippen LogP contribution in [0.1, 0.15) is 80.1 Å². The van der Waals surface area contributed by atoms with Gasteiger partial charge >= 0.3 is 0 Å². The molecule has 1 saturated carbocycles. The summed E-state index contributed by atoms with van der Waals surface area (Å²) >= 11 is 0. The predicted octanol–water partition coefficient (Wildman–Crippen LogP) is 5.35. The van der Waals surface area contributed by atoms with Gasteiger partial charge in [0.25, 0.3) is 0 Å². The summed E-state index contributed by atoms with van der Waals surface area (Å²) in [5, 5.41) is 0. The minimum Gasteiger partial charge on any atom is -0.302 e. The maximum absolute atomic E-state index is 2.74. The third kappa shape index (κ3) is 4.76. The molecule has 0 unspecified atom stereocenters. The average Bonchev–Trinajstić information content (AvgIpc) is 2.61. The van der Waals surface area contributed by atoms with Crippen molar-refractivity contribution < 1.29 is 0 Å². The van der Waals surface area contributed by atoms with Gasteiger partial charge in [-0.3, -0.25) is 0 Å². The first-order chi connectivity index (χ1) is 9.07. The zero-order chi connectivity index (χ0) is 15.0. The molecule has 0 N–H and O–H groups in total. The monoisotopic (exact) mass is 279 g/mol. The molecular weight excluding hydrogens is 242 g/mol. The molecule has 0 atom stereocenters. The summed E-state index contributed by atoms with van der Waals surface area (Å²) in [5.74, 6) is 0.997. The highest BCUT2D eigenvalue weighted by molar-refractivity contribution is 4.94. The van der Waals surface area contributed by atoms with Crippen LogP contribution in [0, 0.1) is 22.2 Å². The fraction of sp³-hybridized carbons (Fsp3) is 1.00. The Balaban J connectivity index is 1.82. The van der Waals surface area contributed by atoms with E-state index in [9.17, 15) is 0 Å². The molecule has 1 heterocycles. The molecule has 1 aliphatic carbocycles. The Morgan fingerprint density at radius 3 is 2.00 bits per heavy atom. The number of likely N-dealkylation sites (tertiary alicyclic amines) is 1. The summed E-state index contributed by atoms with van der Waals surface area (Å²) in [6.07, 6.45) is 8.85. The van der Waals surface area contributed by atoms with Crippen molar-refractivity contribution >= 4 is 0 Å². The van der Waals surface area contributed by atoms with Gasteiger partial charge in [-0.1, -0.05) is 41.5 Å². The Morgan fingerprint density at radius 1 is 0.900 bits per heavy atom. The standard InChI is InChI=1S/C19H37N/c1-17(2,3)13-16-7-9-19(10-8-16)11-12-20(15-19)14-18(4,5)6/h16H,7-15H2,1-6H3. The zero-order valence-corrected chi connectivity index (χ0v) is 14.9. The Kier molecular flexibility index (Phi) is 4.60. The average molecular weight is 280 g/mol. The van der Waals surface area contributed by atoms with Crippen molar-refractivity contribution in [3.8, 4) is 0 Å². The van der Waals surface area contributed by atoms with E-state index in [1.807, 2.05) is 0 Å². The molecule has 2 fully saturated rings. The predicted molar refractivity (Wildman–Crippen MR) is 89.0 cm³/mol. The van der Waals surface area contributed by atoms with Crippen LogP contribution in [0.4, 0.5) is 0 Å². The molecular formula is C19H37N. The summed E-state index contributed by atoms with van der Waals surface area (Å²) in [5.41, 5.74) is 1.66. The molecule has 1 saturated heterocycles. The van der Waals surface area contributed by atoms with Crippen molar-refractivity contribution in [1.29, 1.82) is 0 Å². The van der Waals surface area contributed by atoms with E-state index in [1.165, 1.54) is 58.2 Å². The molecule has 20 heavy (non-hydrogen) atoms. The Bertz CT molecular complexity index is 310. The zero-order valence-electron chi connectivity index (χ0n) is 14.9. The van der Waals surface area contributed by atoms with Crippen molar-refractivity contribution in [3.63, 3.8) is 0 Å². The third-order valence-corrected chi connectivity index (χ3v) is 5.28. The molecule has 118 valence electrons. The van der Waals surface area contributed by atoms with Crippen LogP contribution >= 0.6 is 0 Å². The number of rotatable bonds is 2. The quantitative estimate of drug-likeness (QED) is 0.658. The van der Waals surface area contributed by atoms with Crippen LogP contribution in [0.2, 0.25) is 0 Å². The molecule has 2 aliphatic rings. The Morgan fingerprint density at radius 2 is 1.50 bits per heavy atom. The highest BCUT2D eigenvalue weighted by Crippen LogP contribution is 2.48. The Labute approximate surface area is 127 Å².